The van der Waals surface area contributed by atoms with E-state index in [9.17, 15) is 4.79 Å². The van der Waals surface area contributed by atoms with E-state index in [1.165, 1.54) is 22.7 Å². The Morgan fingerprint density at radius 3 is 2.53 bits per heavy atom. The molecular formula is C27H19ClN4O2S2. The van der Waals surface area contributed by atoms with Gasteiger partial charge in [0.25, 0.3) is 5.91 Å². The third-order valence-electron chi connectivity index (χ3n) is 4.93. The number of aromatic nitrogens is 1. The zero-order chi connectivity index (χ0) is 24.7. The summed E-state index contributed by atoms with van der Waals surface area (Å²) in [4.78, 5) is 18.0. The molecule has 1 amide bonds. The second-order valence-corrected chi connectivity index (χ2v) is 9.88. The van der Waals surface area contributed by atoms with Crippen LogP contribution in [0.3, 0.4) is 0 Å². The lowest BCUT2D eigenvalue weighted by Gasteiger charge is -2.05. The largest absolute Gasteiger partial charge is 0.457 e. The van der Waals surface area contributed by atoms with Gasteiger partial charge in [-0.3, -0.25) is 10.2 Å². The van der Waals surface area contributed by atoms with Gasteiger partial charge in [-0.1, -0.05) is 71.5 Å². The van der Waals surface area contributed by atoms with Gasteiger partial charge in [0.05, 0.1) is 11.1 Å². The van der Waals surface area contributed by atoms with Crippen LogP contribution in [0.15, 0.2) is 101 Å². The third kappa shape index (κ3) is 5.98. The minimum absolute atomic E-state index is 0.186. The van der Waals surface area contributed by atoms with Crippen LogP contribution in [0.2, 0.25) is 5.02 Å². The first-order valence-corrected chi connectivity index (χ1v) is 12.9. The van der Waals surface area contributed by atoms with Crippen LogP contribution in [0.1, 0.15) is 15.2 Å². The number of hydrogen-bond donors (Lipinski definition) is 2. The SMILES string of the molecule is O=C(Nc1sc(NN=Cc2cccc(Oc3ccccc3)c2)nc1-c1ccc(Cl)cc1)c1cccs1. The first-order valence-electron chi connectivity index (χ1n) is 10.9. The topological polar surface area (TPSA) is 75.6 Å². The fourth-order valence-electron chi connectivity index (χ4n) is 3.27. The maximum absolute atomic E-state index is 12.7. The van der Waals surface area contributed by atoms with Gasteiger partial charge in [0, 0.05) is 10.6 Å². The van der Waals surface area contributed by atoms with Gasteiger partial charge >= 0.3 is 0 Å². The van der Waals surface area contributed by atoms with Gasteiger partial charge in [-0.15, -0.1) is 11.3 Å². The predicted octanol–water partition coefficient (Wildman–Crippen LogP) is 8.02. The molecule has 0 bridgehead atoms. The van der Waals surface area contributed by atoms with Crippen molar-refractivity contribution in [2.24, 2.45) is 5.10 Å². The number of ether oxygens (including phenoxy) is 1. The molecule has 6 nitrogen and oxygen atoms in total. The monoisotopic (exact) mass is 530 g/mol. The summed E-state index contributed by atoms with van der Waals surface area (Å²) in [7, 11) is 0. The molecule has 2 N–H and O–H groups in total. The van der Waals surface area contributed by atoms with Crippen molar-refractivity contribution in [1.29, 1.82) is 0 Å². The molecule has 0 unspecified atom stereocenters. The summed E-state index contributed by atoms with van der Waals surface area (Å²) in [5.41, 5.74) is 5.30. The second kappa shape index (κ2) is 11.2. The van der Waals surface area contributed by atoms with E-state index in [0.29, 0.717) is 31.5 Å². The number of thiophene rings is 1. The number of carbonyl (C=O) groups excluding carboxylic acids is 1. The Bertz CT molecular complexity index is 1480. The molecule has 5 rings (SSSR count). The molecule has 0 aliphatic carbocycles. The highest BCUT2D eigenvalue weighted by Gasteiger charge is 2.17. The standard InChI is InChI=1S/C27H19ClN4O2S2/c28-20-13-11-19(12-14-20)24-26(31-25(33)23-10-5-15-35-23)36-27(30-24)32-29-17-18-6-4-9-22(16-18)34-21-7-2-1-3-8-21/h1-17H,(H,30,32)(H,31,33). The molecule has 36 heavy (non-hydrogen) atoms. The van der Waals surface area contributed by atoms with Crippen LogP contribution in [0, 0.1) is 0 Å². The first-order chi connectivity index (χ1) is 17.6. The Labute approximate surface area is 220 Å². The van der Waals surface area contributed by atoms with Gasteiger partial charge < -0.3 is 10.1 Å². The quantitative estimate of drug-likeness (QED) is 0.157. The number of para-hydroxylation sites is 1. The van der Waals surface area contributed by atoms with Gasteiger partial charge in [-0.2, -0.15) is 5.10 Å². The summed E-state index contributed by atoms with van der Waals surface area (Å²) in [5, 5.41) is 11.0. The number of nitrogens with zero attached hydrogens (tertiary/aromatic N) is 2. The summed E-state index contributed by atoms with van der Waals surface area (Å²) in [6.45, 7) is 0. The number of amides is 1. The molecule has 0 atom stereocenters. The van der Waals surface area contributed by atoms with Crippen LogP contribution in [0.4, 0.5) is 10.1 Å². The van der Waals surface area contributed by atoms with Crippen molar-refractivity contribution in [3.63, 3.8) is 0 Å². The van der Waals surface area contributed by atoms with E-state index in [-0.39, 0.29) is 5.91 Å². The van der Waals surface area contributed by atoms with Gasteiger partial charge in [-0.25, -0.2) is 4.98 Å². The zero-order valence-corrected chi connectivity index (χ0v) is 21.1. The fourth-order valence-corrected chi connectivity index (χ4v) is 4.85. The van der Waals surface area contributed by atoms with Crippen LogP contribution in [-0.2, 0) is 0 Å². The highest BCUT2D eigenvalue weighted by molar-refractivity contribution is 7.20. The lowest BCUT2D eigenvalue weighted by Crippen LogP contribution is -2.09. The maximum Gasteiger partial charge on any atom is 0.266 e. The molecule has 2 aromatic heterocycles. The molecule has 0 fully saturated rings. The molecule has 2 heterocycles. The molecule has 0 radical (unpaired) electrons. The van der Waals surface area contributed by atoms with E-state index < -0.39 is 0 Å². The van der Waals surface area contributed by atoms with E-state index in [0.717, 1.165) is 16.9 Å². The average Bonchev–Trinajstić information content (AvgIpc) is 3.56. The minimum atomic E-state index is -0.186. The molecule has 9 heteroatoms. The van der Waals surface area contributed by atoms with Gasteiger partial charge in [0.15, 0.2) is 0 Å². The van der Waals surface area contributed by atoms with Crippen molar-refractivity contribution in [3.05, 3.63) is 112 Å². The summed E-state index contributed by atoms with van der Waals surface area (Å²) >= 11 is 8.73. The molecule has 3 aromatic carbocycles. The van der Waals surface area contributed by atoms with Crippen molar-refractivity contribution >= 4 is 56.5 Å². The molecule has 178 valence electrons. The Balaban J connectivity index is 1.33. The van der Waals surface area contributed by atoms with Crippen LogP contribution in [0.25, 0.3) is 11.3 Å². The lowest BCUT2D eigenvalue weighted by atomic mass is 10.1. The van der Waals surface area contributed by atoms with Gasteiger partial charge in [-0.05, 0) is 53.4 Å². The smallest absolute Gasteiger partial charge is 0.266 e. The molecule has 0 aliphatic heterocycles. The van der Waals surface area contributed by atoms with Crippen LogP contribution in [-0.4, -0.2) is 17.1 Å². The molecule has 0 aliphatic rings. The number of benzene rings is 3. The number of carbonyl (C=O) groups is 1. The van der Waals surface area contributed by atoms with E-state index in [4.69, 9.17) is 16.3 Å². The highest BCUT2D eigenvalue weighted by atomic mass is 35.5. The number of nitrogens with one attached hydrogen (secondary N) is 2. The van der Waals surface area contributed by atoms with Gasteiger partial charge in [0.1, 0.15) is 22.2 Å². The van der Waals surface area contributed by atoms with Crippen molar-refractivity contribution in [2.45, 2.75) is 0 Å². The van der Waals surface area contributed by atoms with Crippen molar-refractivity contribution < 1.29 is 9.53 Å². The Morgan fingerprint density at radius 2 is 1.75 bits per heavy atom. The number of rotatable bonds is 8. The number of halogens is 1. The Morgan fingerprint density at radius 1 is 0.944 bits per heavy atom. The third-order valence-corrected chi connectivity index (χ3v) is 6.92. The molecular weight excluding hydrogens is 512 g/mol. The molecule has 5 aromatic rings. The molecule has 0 saturated carbocycles. The summed E-state index contributed by atoms with van der Waals surface area (Å²) in [6, 6.07) is 28.1. The van der Waals surface area contributed by atoms with E-state index >= 15 is 0 Å². The highest BCUT2D eigenvalue weighted by Crippen LogP contribution is 2.37. The van der Waals surface area contributed by atoms with E-state index in [2.05, 4.69) is 20.8 Å². The molecule has 0 saturated heterocycles. The van der Waals surface area contributed by atoms with E-state index in [1.807, 2.05) is 78.2 Å². The van der Waals surface area contributed by atoms with Crippen LogP contribution < -0.4 is 15.5 Å². The van der Waals surface area contributed by atoms with Gasteiger partial charge in [0.2, 0.25) is 5.13 Å². The number of hydrazone groups is 1. The van der Waals surface area contributed by atoms with Crippen LogP contribution in [0.5, 0.6) is 11.5 Å². The molecule has 0 spiro atoms. The fraction of sp³-hybridized carbons (Fsp3) is 0. The van der Waals surface area contributed by atoms with Crippen LogP contribution >= 0.6 is 34.3 Å². The Kier molecular flexibility index (Phi) is 7.37. The number of hydrogen-bond acceptors (Lipinski definition) is 7. The lowest BCUT2D eigenvalue weighted by molar-refractivity contribution is 0.103. The summed E-state index contributed by atoms with van der Waals surface area (Å²) < 4.78 is 5.89. The summed E-state index contributed by atoms with van der Waals surface area (Å²) in [6.07, 6.45) is 1.69. The van der Waals surface area contributed by atoms with Crippen molar-refractivity contribution in [3.8, 4) is 22.8 Å². The van der Waals surface area contributed by atoms with Crippen molar-refractivity contribution in [1.82, 2.24) is 4.98 Å². The summed E-state index contributed by atoms with van der Waals surface area (Å²) in [5.74, 6) is 1.29. The maximum atomic E-state index is 12.7. The average molecular weight is 531 g/mol. The number of thiazole rings is 1. The normalized spacial score (nSPS) is 10.9. The second-order valence-electron chi connectivity index (χ2n) is 7.49. The van der Waals surface area contributed by atoms with Crippen molar-refractivity contribution in [2.75, 3.05) is 10.7 Å². The van der Waals surface area contributed by atoms with E-state index in [1.54, 1.807) is 24.4 Å². The predicted molar refractivity (Wildman–Crippen MR) is 149 cm³/mol. The Hall–Kier alpha value is -3.98. The zero-order valence-electron chi connectivity index (χ0n) is 18.7. The number of anilines is 2. The minimum Gasteiger partial charge on any atom is -0.457 e. The first kappa shape index (κ1) is 23.7.